The van der Waals surface area contributed by atoms with Gasteiger partial charge in [-0.15, -0.1) is 0 Å². The molecule has 0 saturated heterocycles. The molecular weight excluding hydrogens is 254 g/mol. The van der Waals surface area contributed by atoms with Gasteiger partial charge < -0.3 is 0 Å². The van der Waals surface area contributed by atoms with Crippen molar-refractivity contribution in [2.24, 2.45) is 0 Å². The van der Waals surface area contributed by atoms with E-state index >= 15 is 0 Å². The van der Waals surface area contributed by atoms with E-state index in [-0.39, 0.29) is 0 Å². The van der Waals surface area contributed by atoms with Gasteiger partial charge in [-0.25, -0.2) is 9.13 Å². The SMILES string of the molecule is O=[PH]=O.[Sn][c]1ccccc1. The second-order valence-corrected chi connectivity index (χ2v) is 3.26. The number of benzene rings is 1. The molecular formula is C6H6O2PSn. The Kier molecular flexibility index (Phi) is 6.97. The third-order valence-electron chi connectivity index (χ3n) is 0.774. The Labute approximate surface area is 74.0 Å². The van der Waals surface area contributed by atoms with Crippen LogP contribution in [-0.4, -0.2) is 22.5 Å². The molecule has 10 heavy (non-hydrogen) atoms. The van der Waals surface area contributed by atoms with Crippen molar-refractivity contribution in [2.45, 2.75) is 0 Å². The Bertz CT molecular complexity index is 206. The maximum atomic E-state index is 8.40. The second kappa shape index (κ2) is 7.03. The van der Waals surface area contributed by atoms with Crippen LogP contribution in [-0.2, 0) is 9.13 Å². The first-order chi connectivity index (χ1) is 4.81. The first-order valence-electron chi connectivity index (χ1n) is 2.57. The van der Waals surface area contributed by atoms with Gasteiger partial charge in [0, 0.05) is 0 Å². The van der Waals surface area contributed by atoms with Gasteiger partial charge in [-0.3, -0.25) is 0 Å². The molecule has 1 aromatic rings. The van der Waals surface area contributed by atoms with Crippen LogP contribution in [0.15, 0.2) is 30.3 Å². The molecule has 0 fully saturated rings. The number of hydrogen-bond donors (Lipinski definition) is 0. The van der Waals surface area contributed by atoms with Crippen LogP contribution in [0, 0.1) is 0 Å². The number of rotatable bonds is 0. The predicted octanol–water partition coefficient (Wildman–Crippen LogP) is 0.836. The average Bonchev–Trinajstić information content (AvgIpc) is 1.91. The average molecular weight is 260 g/mol. The van der Waals surface area contributed by atoms with Crippen molar-refractivity contribution in [3.8, 4) is 0 Å². The van der Waals surface area contributed by atoms with Gasteiger partial charge in [0.05, 0.1) is 0 Å². The normalized spacial score (nSPS) is 7.30. The third kappa shape index (κ3) is 6.04. The van der Waals surface area contributed by atoms with E-state index in [0.29, 0.717) is 0 Å². The van der Waals surface area contributed by atoms with Gasteiger partial charge in [-0.1, -0.05) is 0 Å². The summed E-state index contributed by atoms with van der Waals surface area (Å²) < 4.78 is 18.2. The van der Waals surface area contributed by atoms with Gasteiger partial charge in [0.1, 0.15) is 0 Å². The number of hydrogen-bond acceptors (Lipinski definition) is 2. The Hall–Kier alpha value is -0.0813. The molecule has 0 unspecified atom stereocenters. The van der Waals surface area contributed by atoms with E-state index < -0.39 is 8.34 Å². The Morgan fingerprint density at radius 2 is 1.50 bits per heavy atom. The molecule has 0 N–H and O–H groups in total. The standard InChI is InChI=1S/C6H5.HO2P.Sn/c1-2-4-6-5-3-1;1-3-2;/h1-5H;3H;. The zero-order valence-corrected chi connectivity index (χ0v) is 9.06. The topological polar surface area (TPSA) is 34.1 Å². The summed E-state index contributed by atoms with van der Waals surface area (Å²) in [4.78, 5) is 0. The molecule has 2 nitrogen and oxygen atoms in total. The summed E-state index contributed by atoms with van der Waals surface area (Å²) in [5.41, 5.74) is 0. The summed E-state index contributed by atoms with van der Waals surface area (Å²) in [6.45, 7) is 0. The Balaban J connectivity index is 0.000000236. The first kappa shape index (κ1) is 9.92. The molecule has 1 aromatic carbocycles. The van der Waals surface area contributed by atoms with Gasteiger partial charge in [0.25, 0.3) is 0 Å². The van der Waals surface area contributed by atoms with Crippen LogP contribution in [0.4, 0.5) is 0 Å². The van der Waals surface area contributed by atoms with Crippen molar-refractivity contribution in [3.05, 3.63) is 30.3 Å². The molecule has 0 saturated carbocycles. The van der Waals surface area contributed by atoms with Crippen LogP contribution in [0.1, 0.15) is 0 Å². The van der Waals surface area contributed by atoms with Crippen molar-refractivity contribution in [3.63, 3.8) is 0 Å². The maximum absolute atomic E-state index is 8.40. The zero-order chi connectivity index (χ0) is 7.82. The van der Waals surface area contributed by atoms with Crippen molar-refractivity contribution in [1.29, 1.82) is 0 Å². The van der Waals surface area contributed by atoms with E-state index in [4.69, 9.17) is 9.13 Å². The summed E-state index contributed by atoms with van der Waals surface area (Å²) in [6, 6.07) is 10.4. The van der Waals surface area contributed by atoms with Gasteiger partial charge in [0.2, 0.25) is 0 Å². The quantitative estimate of drug-likeness (QED) is 0.511. The van der Waals surface area contributed by atoms with Gasteiger partial charge in [-0.05, 0) is 0 Å². The van der Waals surface area contributed by atoms with Gasteiger partial charge in [0.15, 0.2) is 0 Å². The van der Waals surface area contributed by atoms with Crippen molar-refractivity contribution >= 4 is 34.4 Å². The molecule has 4 heteroatoms. The molecule has 0 atom stereocenters. The van der Waals surface area contributed by atoms with Crippen LogP contribution in [0.25, 0.3) is 0 Å². The summed E-state index contributed by atoms with van der Waals surface area (Å²) in [5.74, 6) is 0. The fraction of sp³-hybridized carbons (Fsp3) is 0. The van der Waals surface area contributed by atoms with E-state index in [0.717, 1.165) is 0 Å². The van der Waals surface area contributed by atoms with Crippen LogP contribution >= 0.6 is 8.34 Å². The van der Waals surface area contributed by atoms with Crippen molar-refractivity contribution in [1.82, 2.24) is 0 Å². The minimum absolute atomic E-state index is 1.41. The molecule has 0 aliphatic rings. The van der Waals surface area contributed by atoms with Gasteiger partial charge >= 0.3 is 64.8 Å². The van der Waals surface area contributed by atoms with E-state index in [1.165, 1.54) is 26.1 Å². The Morgan fingerprint density at radius 3 is 1.70 bits per heavy atom. The van der Waals surface area contributed by atoms with Crippen LogP contribution < -0.4 is 3.58 Å². The predicted molar refractivity (Wildman–Crippen MR) is 41.5 cm³/mol. The fourth-order valence-electron chi connectivity index (χ4n) is 0.438. The van der Waals surface area contributed by atoms with E-state index in [9.17, 15) is 0 Å². The molecule has 0 bridgehead atoms. The van der Waals surface area contributed by atoms with Crippen molar-refractivity contribution < 1.29 is 9.13 Å². The van der Waals surface area contributed by atoms with E-state index in [1.807, 2.05) is 6.07 Å². The monoisotopic (exact) mass is 261 g/mol. The summed E-state index contributed by atoms with van der Waals surface area (Å²) >= 11 is 1.49. The molecule has 0 amide bonds. The first-order valence-corrected chi connectivity index (χ1v) is 4.81. The van der Waals surface area contributed by atoms with Gasteiger partial charge in [-0.2, -0.15) is 0 Å². The molecule has 0 heterocycles. The molecule has 3 radical (unpaired) electrons. The zero-order valence-electron chi connectivity index (χ0n) is 5.20. The minimum atomic E-state index is -1.42. The molecule has 0 aliphatic carbocycles. The van der Waals surface area contributed by atoms with Crippen LogP contribution in [0.5, 0.6) is 0 Å². The molecule has 1 rings (SSSR count). The third-order valence-corrected chi connectivity index (χ3v) is 1.73. The van der Waals surface area contributed by atoms with Crippen molar-refractivity contribution in [2.75, 3.05) is 0 Å². The summed E-state index contributed by atoms with van der Waals surface area (Å²) in [7, 11) is -1.42. The summed E-state index contributed by atoms with van der Waals surface area (Å²) in [6.07, 6.45) is 0. The van der Waals surface area contributed by atoms with Crippen LogP contribution in [0.2, 0.25) is 0 Å². The molecule has 0 aliphatic heterocycles. The fourth-order valence-corrected chi connectivity index (χ4v) is 0.987. The second-order valence-electron chi connectivity index (χ2n) is 1.45. The van der Waals surface area contributed by atoms with E-state index in [2.05, 4.69) is 24.3 Å². The summed E-state index contributed by atoms with van der Waals surface area (Å²) in [5, 5.41) is 0. The van der Waals surface area contributed by atoms with Crippen LogP contribution in [0.3, 0.4) is 0 Å². The molecule has 0 spiro atoms. The molecule has 51 valence electrons. The Morgan fingerprint density at radius 1 is 1.10 bits per heavy atom. The molecule has 0 aromatic heterocycles. The van der Waals surface area contributed by atoms with E-state index in [1.54, 1.807) is 0 Å².